The van der Waals surface area contributed by atoms with Crippen LogP contribution in [0, 0.1) is 5.82 Å². The van der Waals surface area contributed by atoms with Crippen LogP contribution in [-0.2, 0) is 0 Å². The summed E-state index contributed by atoms with van der Waals surface area (Å²) in [6, 6.07) is 2.19. The van der Waals surface area contributed by atoms with Gasteiger partial charge in [-0.15, -0.1) is 0 Å². The first-order valence-corrected chi connectivity index (χ1v) is 4.25. The van der Waals surface area contributed by atoms with E-state index in [1.807, 2.05) is 0 Å². The summed E-state index contributed by atoms with van der Waals surface area (Å²) in [6.07, 6.45) is -1.81. The molecule has 0 aliphatic carbocycles. The summed E-state index contributed by atoms with van der Waals surface area (Å²) in [4.78, 5) is 0. The lowest BCUT2D eigenvalue weighted by atomic mass is 9.91. The summed E-state index contributed by atoms with van der Waals surface area (Å²) < 4.78 is 23.0. The summed E-state index contributed by atoms with van der Waals surface area (Å²) in [5.41, 5.74) is -0.0508. The fraction of sp³-hybridized carbons (Fsp3) is 0.250. The van der Waals surface area contributed by atoms with Crippen molar-refractivity contribution in [2.45, 2.75) is 6.29 Å². The number of fused-ring (bicyclic) bond motifs is 1. The third-order valence-corrected chi connectivity index (χ3v) is 2.00. The van der Waals surface area contributed by atoms with E-state index in [-0.39, 0.29) is 23.6 Å². The van der Waals surface area contributed by atoms with Crippen molar-refractivity contribution in [1.29, 1.82) is 0 Å². The molecule has 0 atom stereocenters. The maximum absolute atomic E-state index is 13.2. The van der Waals surface area contributed by atoms with Crippen LogP contribution in [0.3, 0.4) is 0 Å². The topological polar surface area (TPSA) is 79.2 Å². The van der Waals surface area contributed by atoms with Crippen molar-refractivity contribution >= 4 is 7.12 Å². The normalized spacial score (nSPS) is 14.6. The zero-order chi connectivity index (χ0) is 11.0. The molecule has 1 aromatic rings. The Labute approximate surface area is 84.8 Å². The molecule has 80 valence electrons. The molecule has 1 aliphatic rings. The molecule has 1 aromatic carbocycles. The maximum Gasteiger partial charge on any atom is 0.563 e. The van der Waals surface area contributed by atoms with Crippen LogP contribution in [0.5, 0.6) is 11.5 Å². The van der Waals surface area contributed by atoms with Gasteiger partial charge in [0, 0.05) is 0 Å². The molecule has 0 fully saturated rings. The van der Waals surface area contributed by atoms with Crippen molar-refractivity contribution in [1.82, 2.24) is 0 Å². The van der Waals surface area contributed by atoms with Crippen LogP contribution in [0.2, 0.25) is 0 Å². The molecule has 0 aromatic heterocycles. The zero-order valence-electron chi connectivity index (χ0n) is 7.55. The van der Waals surface area contributed by atoms with E-state index >= 15 is 0 Å². The van der Waals surface area contributed by atoms with Crippen LogP contribution in [0.15, 0.2) is 12.1 Å². The molecule has 0 bridgehead atoms. The highest BCUT2D eigenvalue weighted by molar-refractivity contribution is 6.44. The summed E-state index contributed by atoms with van der Waals surface area (Å²) >= 11 is 0. The van der Waals surface area contributed by atoms with Crippen molar-refractivity contribution in [2.24, 2.45) is 0 Å². The summed E-state index contributed by atoms with van der Waals surface area (Å²) in [7, 11) is -1.24. The van der Waals surface area contributed by atoms with Gasteiger partial charge in [-0.05, 0) is 12.1 Å². The lowest BCUT2D eigenvalue weighted by Crippen LogP contribution is -2.35. The Morgan fingerprint density at radius 3 is 2.73 bits per heavy atom. The van der Waals surface area contributed by atoms with E-state index in [0.29, 0.717) is 0 Å². The first-order chi connectivity index (χ1) is 7.09. The number of hydrogen-bond acceptors (Lipinski definition) is 5. The molecule has 0 amide bonds. The molecular weight excluding hydrogens is 206 g/mol. The Kier molecular flexibility index (Phi) is 2.51. The molecule has 15 heavy (non-hydrogen) atoms. The van der Waals surface area contributed by atoms with Gasteiger partial charge in [-0.2, -0.15) is 0 Å². The van der Waals surface area contributed by atoms with Crippen LogP contribution >= 0.6 is 0 Å². The van der Waals surface area contributed by atoms with Crippen molar-refractivity contribution in [3.05, 3.63) is 23.5 Å². The van der Waals surface area contributed by atoms with E-state index in [4.69, 9.17) is 24.6 Å². The lowest BCUT2D eigenvalue weighted by Gasteiger charge is -2.23. The molecule has 0 spiro atoms. The Morgan fingerprint density at radius 2 is 2.07 bits per heavy atom. The molecule has 1 aliphatic heterocycles. The Hall–Kier alpha value is -1.31. The number of hydrogen-bond donors (Lipinski definition) is 3. The molecule has 3 N–H and O–H groups in total. The van der Waals surface area contributed by atoms with E-state index in [2.05, 4.69) is 0 Å². The number of halogens is 1. The van der Waals surface area contributed by atoms with Gasteiger partial charge in [0.1, 0.15) is 6.51 Å². The Bertz CT molecular complexity index is 384. The minimum absolute atomic E-state index is 0.0508. The minimum atomic E-state index is -1.81. The Morgan fingerprint density at radius 1 is 1.33 bits per heavy atom. The quantitative estimate of drug-likeness (QED) is 0.437. The van der Waals surface area contributed by atoms with Gasteiger partial charge in [0.15, 0.2) is 23.6 Å². The molecule has 0 saturated heterocycles. The van der Waals surface area contributed by atoms with E-state index in [0.717, 1.165) is 12.1 Å². The second-order valence-electron chi connectivity index (χ2n) is 3.05. The summed E-state index contributed by atoms with van der Waals surface area (Å²) in [6.45, 7) is -0.200. The van der Waals surface area contributed by atoms with Gasteiger partial charge in [-0.25, -0.2) is 4.39 Å². The van der Waals surface area contributed by atoms with Crippen LogP contribution in [0.1, 0.15) is 11.9 Å². The predicted octanol–water partition coefficient (Wildman–Crippen LogP) is -0.400. The minimum Gasteiger partial charge on any atom is -0.531 e. The molecule has 0 saturated carbocycles. The number of aliphatic hydroxyl groups excluding tert-OH is 1. The van der Waals surface area contributed by atoms with Gasteiger partial charge >= 0.3 is 7.12 Å². The molecule has 0 radical (unpaired) electrons. The molecular formula is C8H8BFO5. The highest BCUT2D eigenvalue weighted by Gasteiger charge is 2.30. The van der Waals surface area contributed by atoms with Gasteiger partial charge in [-0.3, -0.25) is 0 Å². The zero-order valence-corrected chi connectivity index (χ0v) is 7.55. The predicted molar refractivity (Wildman–Crippen MR) is 47.7 cm³/mol. The van der Waals surface area contributed by atoms with Crippen molar-refractivity contribution < 1.29 is 29.0 Å². The first-order valence-electron chi connectivity index (χ1n) is 4.25. The maximum atomic E-state index is 13.2. The highest BCUT2D eigenvalue weighted by atomic mass is 19.1. The number of rotatable bonds is 1. The van der Waals surface area contributed by atoms with E-state index < -0.39 is 19.2 Å². The number of aliphatic hydroxyl groups is 2. The first kappa shape index (κ1) is 10.2. The second-order valence-corrected chi connectivity index (χ2v) is 3.05. The standard InChI is InChI=1S/C8H8BFO5/c10-5-2-1-4(8(11)12)6-7(5)14-3-9(13)15-6/h1-2,8,11-13H,3H2. The fourth-order valence-corrected chi connectivity index (χ4v) is 1.34. The second kappa shape index (κ2) is 3.69. The largest absolute Gasteiger partial charge is 0.563 e. The van der Waals surface area contributed by atoms with Gasteiger partial charge in [0.05, 0.1) is 5.56 Å². The SMILES string of the molecule is OB1COc2c(F)ccc(C(O)O)c2O1. The van der Waals surface area contributed by atoms with Gasteiger partial charge < -0.3 is 24.6 Å². The molecule has 0 unspecified atom stereocenters. The molecule has 5 nitrogen and oxygen atoms in total. The van der Waals surface area contributed by atoms with Gasteiger partial charge in [0.25, 0.3) is 0 Å². The van der Waals surface area contributed by atoms with Crippen LogP contribution < -0.4 is 9.39 Å². The van der Waals surface area contributed by atoms with Crippen molar-refractivity contribution in [3.63, 3.8) is 0 Å². The Balaban J connectivity index is 2.51. The number of ether oxygens (including phenoxy) is 1. The van der Waals surface area contributed by atoms with Crippen molar-refractivity contribution in [2.75, 3.05) is 6.51 Å². The third kappa shape index (κ3) is 1.76. The number of benzene rings is 1. The molecule has 7 heteroatoms. The molecule has 1 heterocycles. The highest BCUT2D eigenvalue weighted by Crippen LogP contribution is 2.38. The summed E-state index contributed by atoms with van der Waals surface area (Å²) in [5, 5.41) is 27.1. The van der Waals surface area contributed by atoms with Crippen LogP contribution in [0.25, 0.3) is 0 Å². The van der Waals surface area contributed by atoms with Crippen LogP contribution in [0.4, 0.5) is 4.39 Å². The van der Waals surface area contributed by atoms with Gasteiger partial charge in [0.2, 0.25) is 0 Å². The van der Waals surface area contributed by atoms with Crippen molar-refractivity contribution in [3.8, 4) is 11.5 Å². The van der Waals surface area contributed by atoms with E-state index in [1.54, 1.807) is 0 Å². The van der Waals surface area contributed by atoms with E-state index in [9.17, 15) is 4.39 Å². The molecule has 2 rings (SSSR count). The third-order valence-electron chi connectivity index (χ3n) is 2.00. The average molecular weight is 214 g/mol. The smallest absolute Gasteiger partial charge is 0.531 e. The fourth-order valence-electron chi connectivity index (χ4n) is 1.34. The van der Waals surface area contributed by atoms with E-state index in [1.165, 1.54) is 0 Å². The monoisotopic (exact) mass is 214 g/mol. The lowest BCUT2D eigenvalue weighted by molar-refractivity contribution is -0.0439. The van der Waals surface area contributed by atoms with Gasteiger partial charge in [-0.1, -0.05) is 0 Å². The summed E-state index contributed by atoms with van der Waals surface area (Å²) in [5.74, 6) is -1.07. The average Bonchev–Trinajstić information content (AvgIpc) is 2.17. The van der Waals surface area contributed by atoms with Crippen LogP contribution in [-0.4, -0.2) is 28.9 Å².